The van der Waals surface area contributed by atoms with Crippen molar-refractivity contribution in [3.63, 3.8) is 0 Å². The molecule has 0 N–H and O–H groups in total. The largest absolute Gasteiger partial charge is 0.455 e. The maximum absolute atomic E-state index is 6.46. The highest BCUT2D eigenvalue weighted by atomic mass is 16.3. The van der Waals surface area contributed by atoms with Crippen LogP contribution >= 0.6 is 0 Å². The number of hydrogen-bond donors (Lipinski definition) is 0. The fraction of sp³-hybridized carbons (Fsp3) is 0.233. The molecule has 0 fully saturated rings. The number of aryl methyl sites for hydroxylation is 1. The monoisotopic (exact) mass is 419 g/mol. The lowest BCUT2D eigenvalue weighted by Gasteiger charge is -2.29. The Morgan fingerprint density at radius 1 is 0.812 bits per heavy atom. The van der Waals surface area contributed by atoms with E-state index in [0.717, 1.165) is 38.8 Å². The Morgan fingerprint density at radius 3 is 2.34 bits per heavy atom. The Kier molecular flexibility index (Phi) is 4.89. The lowest BCUT2D eigenvalue weighted by Crippen LogP contribution is -2.16. The van der Waals surface area contributed by atoms with Crippen molar-refractivity contribution in [1.82, 2.24) is 4.98 Å². The van der Waals surface area contributed by atoms with Gasteiger partial charge in [-0.15, -0.1) is 0 Å². The van der Waals surface area contributed by atoms with Crippen LogP contribution in [-0.2, 0) is 0 Å². The number of rotatable bonds is 3. The lowest BCUT2D eigenvalue weighted by molar-refractivity contribution is 0.338. The minimum absolute atomic E-state index is 0.183. The van der Waals surface area contributed by atoms with Crippen molar-refractivity contribution in [2.45, 2.75) is 40.5 Å². The predicted molar refractivity (Wildman–Crippen MR) is 135 cm³/mol. The summed E-state index contributed by atoms with van der Waals surface area (Å²) in [6, 6.07) is 25.5. The smallest absolute Gasteiger partial charge is 0.144 e. The van der Waals surface area contributed by atoms with Gasteiger partial charge in [-0.3, -0.25) is 4.98 Å². The van der Waals surface area contributed by atoms with Crippen LogP contribution in [0.25, 0.3) is 44.3 Å². The highest BCUT2D eigenvalue weighted by Crippen LogP contribution is 2.40. The summed E-state index contributed by atoms with van der Waals surface area (Å²) < 4.78 is 6.46. The van der Waals surface area contributed by atoms with Crippen molar-refractivity contribution in [1.29, 1.82) is 0 Å². The van der Waals surface area contributed by atoms with Crippen LogP contribution in [0.15, 0.2) is 83.4 Å². The molecular formula is C30H29NO. The Labute approximate surface area is 189 Å². The van der Waals surface area contributed by atoms with Crippen LogP contribution in [0.3, 0.4) is 0 Å². The molecular weight excluding hydrogens is 390 g/mol. The zero-order valence-electron chi connectivity index (χ0n) is 19.4. The number of fused-ring (bicyclic) bond motifs is 3. The number of hydrogen-bond acceptors (Lipinski definition) is 2. The highest BCUT2D eigenvalue weighted by molar-refractivity contribution is 6.10. The molecule has 0 spiro atoms. The summed E-state index contributed by atoms with van der Waals surface area (Å²) in [5, 5.41) is 2.27. The molecule has 160 valence electrons. The minimum atomic E-state index is 0.183. The number of pyridine rings is 1. The first kappa shape index (κ1) is 20.5. The van der Waals surface area contributed by atoms with E-state index in [4.69, 9.17) is 9.40 Å². The summed E-state index contributed by atoms with van der Waals surface area (Å²) in [6.07, 6.45) is 2.00. The molecule has 0 saturated heterocycles. The van der Waals surface area contributed by atoms with E-state index in [1.807, 2.05) is 12.3 Å². The van der Waals surface area contributed by atoms with Gasteiger partial charge in [0.1, 0.15) is 11.2 Å². The summed E-state index contributed by atoms with van der Waals surface area (Å²) in [5.74, 6) is 0.424. The molecule has 3 aromatic carbocycles. The summed E-state index contributed by atoms with van der Waals surface area (Å²) in [6.45, 7) is 11.3. The van der Waals surface area contributed by atoms with Crippen LogP contribution in [-0.4, -0.2) is 4.98 Å². The second-order valence-corrected chi connectivity index (χ2v) is 9.88. The molecule has 1 unspecified atom stereocenters. The van der Waals surface area contributed by atoms with Crippen LogP contribution in [0.1, 0.15) is 44.7 Å². The fourth-order valence-corrected chi connectivity index (χ4v) is 4.43. The fourth-order valence-electron chi connectivity index (χ4n) is 4.43. The molecule has 0 saturated carbocycles. The third kappa shape index (κ3) is 3.50. The van der Waals surface area contributed by atoms with Crippen LogP contribution in [0.4, 0.5) is 0 Å². The maximum Gasteiger partial charge on any atom is 0.144 e. The summed E-state index contributed by atoms with van der Waals surface area (Å²) in [7, 11) is 0. The van der Waals surface area contributed by atoms with Gasteiger partial charge in [0.05, 0.1) is 5.69 Å². The first-order valence-electron chi connectivity index (χ1n) is 11.3. The van der Waals surface area contributed by atoms with Gasteiger partial charge in [0, 0.05) is 22.5 Å². The van der Waals surface area contributed by atoms with Crippen molar-refractivity contribution in [2.24, 2.45) is 5.41 Å². The van der Waals surface area contributed by atoms with Crippen molar-refractivity contribution >= 4 is 21.9 Å². The van der Waals surface area contributed by atoms with Crippen molar-refractivity contribution in [3.8, 4) is 22.4 Å². The van der Waals surface area contributed by atoms with E-state index in [-0.39, 0.29) is 5.41 Å². The number of benzene rings is 3. The molecule has 2 nitrogen and oxygen atoms in total. The Hall–Kier alpha value is -3.39. The van der Waals surface area contributed by atoms with E-state index < -0.39 is 0 Å². The van der Waals surface area contributed by atoms with Gasteiger partial charge in [0.2, 0.25) is 0 Å². The van der Waals surface area contributed by atoms with Crippen LogP contribution in [0.5, 0.6) is 0 Å². The van der Waals surface area contributed by atoms with E-state index >= 15 is 0 Å². The molecule has 5 rings (SSSR count). The quantitative estimate of drug-likeness (QED) is 0.292. The average molecular weight is 420 g/mol. The van der Waals surface area contributed by atoms with Crippen molar-refractivity contribution in [3.05, 3.63) is 90.1 Å². The van der Waals surface area contributed by atoms with Gasteiger partial charge in [-0.1, -0.05) is 76.2 Å². The first-order valence-corrected chi connectivity index (χ1v) is 11.3. The molecule has 0 aliphatic heterocycles. The molecule has 0 aliphatic carbocycles. The summed E-state index contributed by atoms with van der Waals surface area (Å²) in [4.78, 5) is 4.80. The molecule has 0 radical (unpaired) electrons. The van der Waals surface area contributed by atoms with Gasteiger partial charge < -0.3 is 4.42 Å². The van der Waals surface area contributed by atoms with Gasteiger partial charge in [-0.2, -0.15) is 0 Å². The maximum atomic E-state index is 6.46. The van der Waals surface area contributed by atoms with E-state index in [1.54, 1.807) is 0 Å². The van der Waals surface area contributed by atoms with E-state index in [1.165, 1.54) is 16.7 Å². The Bertz CT molecular complexity index is 1420. The van der Waals surface area contributed by atoms with Crippen LogP contribution in [0.2, 0.25) is 0 Å². The van der Waals surface area contributed by atoms with Crippen molar-refractivity contribution < 1.29 is 4.42 Å². The van der Waals surface area contributed by atoms with Gasteiger partial charge in [0.15, 0.2) is 0 Å². The third-order valence-electron chi connectivity index (χ3n) is 6.79. The molecule has 2 aromatic heterocycles. The third-order valence-corrected chi connectivity index (χ3v) is 6.79. The topological polar surface area (TPSA) is 26.0 Å². The zero-order chi connectivity index (χ0) is 22.5. The van der Waals surface area contributed by atoms with E-state index in [0.29, 0.717) is 5.92 Å². The molecule has 1 atom stereocenters. The Balaban J connectivity index is 1.67. The molecule has 0 bridgehead atoms. The van der Waals surface area contributed by atoms with Gasteiger partial charge in [-0.25, -0.2) is 0 Å². The SMILES string of the molecule is Cc1cnc(-c2cccc3c2oc2cc(-c4ccccc4)ccc23)cc1C(C)C(C)(C)C. The first-order chi connectivity index (χ1) is 15.3. The summed E-state index contributed by atoms with van der Waals surface area (Å²) >= 11 is 0. The average Bonchev–Trinajstić information content (AvgIpc) is 3.17. The van der Waals surface area contributed by atoms with E-state index in [2.05, 4.69) is 101 Å². The summed E-state index contributed by atoms with van der Waals surface area (Å²) in [5.41, 5.74) is 8.94. The molecule has 5 aromatic rings. The number of nitrogens with zero attached hydrogens (tertiary/aromatic N) is 1. The lowest BCUT2D eigenvalue weighted by atomic mass is 9.76. The molecule has 2 heteroatoms. The molecule has 32 heavy (non-hydrogen) atoms. The zero-order valence-corrected chi connectivity index (χ0v) is 19.4. The Morgan fingerprint density at radius 2 is 1.59 bits per heavy atom. The highest BCUT2D eigenvalue weighted by Gasteiger charge is 2.24. The standard InChI is InChI=1S/C30H29NO/c1-19-18-31-27(17-26(19)20(2)30(3,4)5)25-13-9-12-24-23-15-14-22(16-28(23)32-29(24)25)21-10-7-6-8-11-21/h6-18,20H,1-5H3. The van der Waals surface area contributed by atoms with Gasteiger partial charge >= 0.3 is 0 Å². The molecule has 0 aliphatic rings. The number of aromatic nitrogens is 1. The van der Waals surface area contributed by atoms with Gasteiger partial charge in [-0.05, 0) is 64.8 Å². The second kappa shape index (κ2) is 7.63. The number of furan rings is 1. The van der Waals surface area contributed by atoms with Gasteiger partial charge in [0.25, 0.3) is 0 Å². The normalized spacial score (nSPS) is 13.0. The van der Waals surface area contributed by atoms with Crippen LogP contribution in [0, 0.1) is 12.3 Å². The van der Waals surface area contributed by atoms with Crippen LogP contribution < -0.4 is 0 Å². The molecule has 0 amide bonds. The van der Waals surface area contributed by atoms with E-state index in [9.17, 15) is 0 Å². The second-order valence-electron chi connectivity index (χ2n) is 9.88. The minimum Gasteiger partial charge on any atom is -0.455 e. The van der Waals surface area contributed by atoms with Crippen molar-refractivity contribution in [2.75, 3.05) is 0 Å². The number of para-hydroxylation sites is 1. The predicted octanol–water partition coefficient (Wildman–Crippen LogP) is 8.77. The molecule has 2 heterocycles.